The Labute approximate surface area is 131 Å². The molecule has 3 nitrogen and oxygen atoms in total. The summed E-state index contributed by atoms with van der Waals surface area (Å²) in [6.07, 6.45) is 0. The highest BCUT2D eigenvalue weighted by molar-refractivity contribution is 9.10. The van der Waals surface area contributed by atoms with Crippen LogP contribution >= 0.6 is 15.9 Å². The van der Waals surface area contributed by atoms with E-state index >= 15 is 0 Å². The van der Waals surface area contributed by atoms with Gasteiger partial charge in [0, 0.05) is 12.2 Å². The molecule has 0 aliphatic rings. The minimum Gasteiger partial charge on any atom is -0.480 e. The molecular formula is C16H15BrFNO2. The van der Waals surface area contributed by atoms with Crippen molar-refractivity contribution in [2.75, 3.05) is 11.4 Å². The number of carboxylic acids is 1. The number of aryl methyl sites for hydroxylation is 1. The van der Waals surface area contributed by atoms with E-state index in [-0.39, 0.29) is 12.4 Å². The van der Waals surface area contributed by atoms with E-state index < -0.39 is 5.97 Å². The van der Waals surface area contributed by atoms with Crippen molar-refractivity contribution in [2.24, 2.45) is 0 Å². The number of rotatable bonds is 5. The predicted octanol–water partition coefficient (Wildman–Crippen LogP) is 3.99. The fraction of sp³-hybridized carbons (Fsp3) is 0.188. The van der Waals surface area contributed by atoms with Crippen LogP contribution in [0.5, 0.6) is 0 Å². The zero-order valence-corrected chi connectivity index (χ0v) is 13.1. The third kappa shape index (κ3) is 4.29. The van der Waals surface area contributed by atoms with E-state index in [2.05, 4.69) is 15.9 Å². The van der Waals surface area contributed by atoms with E-state index in [1.165, 1.54) is 6.07 Å². The van der Waals surface area contributed by atoms with Gasteiger partial charge in [0.25, 0.3) is 0 Å². The molecule has 0 fully saturated rings. The van der Waals surface area contributed by atoms with Crippen molar-refractivity contribution in [3.8, 4) is 0 Å². The SMILES string of the molecule is Cc1ccc(N(CC(=O)O)Cc2ccc(F)c(Br)c2)cc1. The van der Waals surface area contributed by atoms with Crippen molar-refractivity contribution in [3.05, 3.63) is 63.9 Å². The molecule has 0 aliphatic carbocycles. The second-order valence-electron chi connectivity index (χ2n) is 4.83. The van der Waals surface area contributed by atoms with Crippen LogP contribution in [-0.4, -0.2) is 17.6 Å². The van der Waals surface area contributed by atoms with Crippen molar-refractivity contribution in [1.29, 1.82) is 0 Å². The lowest BCUT2D eigenvalue weighted by molar-refractivity contribution is -0.135. The lowest BCUT2D eigenvalue weighted by Crippen LogP contribution is -2.29. The van der Waals surface area contributed by atoms with Crippen LogP contribution in [0.15, 0.2) is 46.9 Å². The number of nitrogens with zero attached hydrogens (tertiary/aromatic N) is 1. The van der Waals surface area contributed by atoms with Crippen molar-refractivity contribution in [2.45, 2.75) is 13.5 Å². The highest BCUT2D eigenvalue weighted by Crippen LogP contribution is 2.21. The summed E-state index contributed by atoms with van der Waals surface area (Å²) in [5, 5.41) is 9.07. The first-order chi connectivity index (χ1) is 9.95. The topological polar surface area (TPSA) is 40.5 Å². The first kappa shape index (κ1) is 15.5. The van der Waals surface area contributed by atoms with E-state index in [1.807, 2.05) is 31.2 Å². The number of hydrogen-bond acceptors (Lipinski definition) is 2. The van der Waals surface area contributed by atoms with E-state index in [0.717, 1.165) is 16.8 Å². The van der Waals surface area contributed by atoms with Gasteiger partial charge in [-0.1, -0.05) is 23.8 Å². The molecule has 0 spiro atoms. The van der Waals surface area contributed by atoms with Crippen LogP contribution in [0, 0.1) is 12.7 Å². The summed E-state index contributed by atoms with van der Waals surface area (Å²) < 4.78 is 13.6. The largest absolute Gasteiger partial charge is 0.480 e. The van der Waals surface area contributed by atoms with Crippen LogP contribution in [0.4, 0.5) is 10.1 Å². The Morgan fingerprint density at radius 1 is 1.24 bits per heavy atom. The molecule has 0 amide bonds. The molecule has 2 aromatic carbocycles. The van der Waals surface area contributed by atoms with Crippen molar-refractivity contribution in [1.82, 2.24) is 0 Å². The number of benzene rings is 2. The highest BCUT2D eigenvalue weighted by atomic mass is 79.9. The molecule has 110 valence electrons. The van der Waals surface area contributed by atoms with Crippen LogP contribution in [0.25, 0.3) is 0 Å². The minimum absolute atomic E-state index is 0.113. The van der Waals surface area contributed by atoms with Gasteiger partial charge in [0.2, 0.25) is 0 Å². The first-order valence-electron chi connectivity index (χ1n) is 6.43. The van der Waals surface area contributed by atoms with Crippen LogP contribution in [0.2, 0.25) is 0 Å². The number of aliphatic carboxylic acids is 1. The van der Waals surface area contributed by atoms with Crippen molar-refractivity contribution < 1.29 is 14.3 Å². The van der Waals surface area contributed by atoms with Gasteiger partial charge in [-0.25, -0.2) is 4.39 Å². The van der Waals surface area contributed by atoms with Gasteiger partial charge in [-0.05, 0) is 52.7 Å². The molecule has 0 unspecified atom stereocenters. The summed E-state index contributed by atoms with van der Waals surface area (Å²) in [5.74, 6) is -1.24. The zero-order chi connectivity index (χ0) is 15.4. The van der Waals surface area contributed by atoms with Crippen LogP contribution in [0.1, 0.15) is 11.1 Å². The molecule has 2 rings (SSSR count). The predicted molar refractivity (Wildman–Crippen MR) is 84.0 cm³/mol. The lowest BCUT2D eigenvalue weighted by atomic mass is 10.1. The van der Waals surface area contributed by atoms with Crippen molar-refractivity contribution in [3.63, 3.8) is 0 Å². The van der Waals surface area contributed by atoms with E-state index in [0.29, 0.717) is 11.0 Å². The second kappa shape index (κ2) is 6.72. The van der Waals surface area contributed by atoms with E-state index in [1.54, 1.807) is 17.0 Å². The molecule has 0 radical (unpaired) electrons. The average Bonchev–Trinajstić information content (AvgIpc) is 2.42. The molecule has 0 saturated carbocycles. The molecule has 0 atom stereocenters. The molecule has 2 aromatic rings. The van der Waals surface area contributed by atoms with Gasteiger partial charge < -0.3 is 10.0 Å². The van der Waals surface area contributed by atoms with Gasteiger partial charge in [0.05, 0.1) is 4.47 Å². The van der Waals surface area contributed by atoms with E-state index in [4.69, 9.17) is 5.11 Å². The monoisotopic (exact) mass is 351 g/mol. The quantitative estimate of drug-likeness (QED) is 0.885. The summed E-state index contributed by atoms with van der Waals surface area (Å²) in [7, 11) is 0. The minimum atomic E-state index is -0.906. The molecule has 1 N–H and O–H groups in total. The van der Waals surface area contributed by atoms with Gasteiger partial charge in [0.1, 0.15) is 12.4 Å². The number of halogens is 2. The fourth-order valence-electron chi connectivity index (χ4n) is 2.02. The smallest absolute Gasteiger partial charge is 0.323 e. The molecule has 0 heterocycles. The van der Waals surface area contributed by atoms with Crippen molar-refractivity contribution >= 4 is 27.6 Å². The second-order valence-corrected chi connectivity index (χ2v) is 5.69. The molecular weight excluding hydrogens is 337 g/mol. The first-order valence-corrected chi connectivity index (χ1v) is 7.22. The Hall–Kier alpha value is -1.88. The zero-order valence-electron chi connectivity index (χ0n) is 11.5. The molecule has 21 heavy (non-hydrogen) atoms. The Balaban J connectivity index is 2.25. The fourth-order valence-corrected chi connectivity index (χ4v) is 2.44. The lowest BCUT2D eigenvalue weighted by Gasteiger charge is -2.23. The summed E-state index contributed by atoms with van der Waals surface area (Å²) >= 11 is 3.14. The van der Waals surface area contributed by atoms with Gasteiger partial charge in [-0.3, -0.25) is 4.79 Å². The third-order valence-electron chi connectivity index (χ3n) is 3.08. The van der Waals surface area contributed by atoms with Gasteiger partial charge in [-0.2, -0.15) is 0 Å². The maximum atomic E-state index is 13.3. The summed E-state index contributed by atoms with van der Waals surface area (Å²) in [6, 6.07) is 12.3. The Bertz CT molecular complexity index is 643. The summed E-state index contributed by atoms with van der Waals surface area (Å²) in [5.41, 5.74) is 2.77. The van der Waals surface area contributed by atoms with Gasteiger partial charge in [0.15, 0.2) is 0 Å². The molecule has 0 aliphatic heterocycles. The van der Waals surface area contributed by atoms with Crippen LogP contribution in [0.3, 0.4) is 0 Å². The third-order valence-corrected chi connectivity index (χ3v) is 3.69. The van der Waals surface area contributed by atoms with Gasteiger partial charge >= 0.3 is 5.97 Å². The molecule has 0 bridgehead atoms. The van der Waals surface area contributed by atoms with Crippen LogP contribution in [-0.2, 0) is 11.3 Å². The number of hydrogen-bond donors (Lipinski definition) is 1. The Kier molecular flexibility index (Phi) is 4.96. The van der Waals surface area contributed by atoms with Gasteiger partial charge in [-0.15, -0.1) is 0 Å². The standard InChI is InChI=1S/C16H15BrFNO2/c1-11-2-5-13(6-3-11)19(10-16(20)21)9-12-4-7-15(18)14(17)8-12/h2-8H,9-10H2,1H3,(H,20,21). The molecule has 0 aromatic heterocycles. The number of anilines is 1. The Morgan fingerprint density at radius 2 is 1.90 bits per heavy atom. The van der Waals surface area contributed by atoms with Crippen LogP contribution < -0.4 is 4.90 Å². The van der Waals surface area contributed by atoms with E-state index in [9.17, 15) is 9.18 Å². The number of carboxylic acid groups (broad SMARTS) is 1. The number of carbonyl (C=O) groups is 1. The maximum absolute atomic E-state index is 13.3. The normalized spacial score (nSPS) is 10.4. The summed E-state index contributed by atoms with van der Waals surface area (Å²) in [4.78, 5) is 12.8. The molecule has 0 saturated heterocycles. The maximum Gasteiger partial charge on any atom is 0.323 e. The molecule has 5 heteroatoms. The summed E-state index contributed by atoms with van der Waals surface area (Å²) in [6.45, 7) is 2.26. The Morgan fingerprint density at radius 3 is 2.48 bits per heavy atom. The highest BCUT2D eigenvalue weighted by Gasteiger charge is 2.12. The average molecular weight is 352 g/mol.